The van der Waals surface area contributed by atoms with Crippen LogP contribution >= 0.6 is 12.0 Å². The van der Waals surface area contributed by atoms with E-state index in [-0.39, 0.29) is 0 Å². The van der Waals surface area contributed by atoms with Crippen LogP contribution in [0.15, 0.2) is 0 Å². The maximum absolute atomic E-state index is 13.7. The standard InChI is InChI=1S/C12H16F4O7S/c1-10(5-3-2-4-6-10)21-8(17)7-20-9(18)11(13,12(14,15)16)24-23-22-19/h19H,2-7H2,1H3/p-1. The lowest BCUT2D eigenvalue weighted by Gasteiger charge is -2.33. The molecule has 0 heterocycles. The Morgan fingerprint density at radius 1 is 1.17 bits per heavy atom. The zero-order valence-electron chi connectivity index (χ0n) is 12.5. The fourth-order valence-corrected chi connectivity index (χ4v) is 2.52. The van der Waals surface area contributed by atoms with Gasteiger partial charge in [0.1, 0.15) is 5.60 Å². The lowest BCUT2D eigenvalue weighted by Crippen LogP contribution is -2.47. The first-order valence-corrected chi connectivity index (χ1v) is 7.57. The first-order chi connectivity index (χ1) is 11.0. The summed E-state index contributed by atoms with van der Waals surface area (Å²) in [4.78, 5) is 22.9. The largest absolute Gasteiger partial charge is 0.691 e. The normalized spacial score (nSPS) is 20.1. The van der Waals surface area contributed by atoms with E-state index in [1.165, 1.54) is 0 Å². The first kappa shape index (κ1) is 20.9. The van der Waals surface area contributed by atoms with Crippen LogP contribution in [-0.4, -0.2) is 35.3 Å². The van der Waals surface area contributed by atoms with Crippen LogP contribution in [0.4, 0.5) is 17.6 Å². The van der Waals surface area contributed by atoms with Gasteiger partial charge in [-0.15, -0.1) is 0 Å². The van der Waals surface area contributed by atoms with Crippen LogP contribution in [0.1, 0.15) is 39.0 Å². The number of ether oxygens (including phenoxy) is 2. The monoisotopic (exact) mass is 379 g/mol. The Morgan fingerprint density at radius 3 is 2.25 bits per heavy atom. The van der Waals surface area contributed by atoms with E-state index < -0.39 is 47.4 Å². The molecule has 24 heavy (non-hydrogen) atoms. The molecule has 0 bridgehead atoms. The summed E-state index contributed by atoms with van der Waals surface area (Å²) in [7, 11) is 0. The molecular formula is C12H15F4O7S-. The highest BCUT2D eigenvalue weighted by Gasteiger charge is 2.66. The van der Waals surface area contributed by atoms with Gasteiger partial charge in [-0.05, 0) is 32.6 Å². The van der Waals surface area contributed by atoms with E-state index in [0.29, 0.717) is 12.8 Å². The van der Waals surface area contributed by atoms with Gasteiger partial charge in [-0.25, -0.2) is 14.0 Å². The highest BCUT2D eigenvalue weighted by molar-refractivity contribution is 7.96. The van der Waals surface area contributed by atoms with Crippen LogP contribution in [0.5, 0.6) is 0 Å². The van der Waals surface area contributed by atoms with Gasteiger partial charge < -0.3 is 14.7 Å². The molecule has 12 heteroatoms. The van der Waals surface area contributed by atoms with Crippen LogP contribution < -0.4 is 5.26 Å². The smallest absolute Gasteiger partial charge is 0.446 e. The van der Waals surface area contributed by atoms with Crippen LogP contribution in [-0.2, 0) is 28.4 Å². The third kappa shape index (κ3) is 5.46. The molecule has 1 unspecified atom stereocenters. The number of hydrogen-bond acceptors (Lipinski definition) is 8. The van der Waals surface area contributed by atoms with Gasteiger partial charge in [-0.2, -0.15) is 17.5 Å². The van der Waals surface area contributed by atoms with E-state index in [0.717, 1.165) is 19.3 Å². The Bertz CT molecular complexity index is 453. The van der Waals surface area contributed by atoms with Crippen molar-refractivity contribution in [2.45, 2.75) is 55.8 Å². The van der Waals surface area contributed by atoms with E-state index >= 15 is 0 Å². The molecule has 0 aromatic rings. The third-order valence-electron chi connectivity index (χ3n) is 3.40. The second-order valence-corrected chi connectivity index (χ2v) is 6.24. The highest BCUT2D eigenvalue weighted by atomic mass is 32.2. The van der Waals surface area contributed by atoms with E-state index in [4.69, 9.17) is 4.74 Å². The lowest BCUT2D eigenvalue weighted by atomic mass is 9.86. The molecule has 1 aliphatic rings. The van der Waals surface area contributed by atoms with Gasteiger partial charge in [-0.3, -0.25) is 5.04 Å². The summed E-state index contributed by atoms with van der Waals surface area (Å²) in [5.74, 6) is -3.58. The van der Waals surface area contributed by atoms with Crippen LogP contribution in [0.3, 0.4) is 0 Å². The minimum atomic E-state index is -5.77. The highest BCUT2D eigenvalue weighted by Crippen LogP contribution is 2.44. The predicted molar refractivity (Wildman–Crippen MR) is 68.2 cm³/mol. The van der Waals surface area contributed by atoms with Gasteiger partial charge in [-0.1, -0.05) is 6.42 Å². The van der Waals surface area contributed by atoms with Crippen LogP contribution in [0.2, 0.25) is 0 Å². The zero-order valence-corrected chi connectivity index (χ0v) is 13.3. The third-order valence-corrected chi connectivity index (χ3v) is 4.15. The molecule has 7 nitrogen and oxygen atoms in total. The SMILES string of the molecule is CC1(OC(=O)COC(=O)C(F)(SOO[O-])C(F)(F)F)CCCCC1. The number of alkyl halides is 4. The summed E-state index contributed by atoms with van der Waals surface area (Å²) < 4.78 is 63.8. The van der Waals surface area contributed by atoms with Crippen molar-refractivity contribution < 1.29 is 51.3 Å². The molecule has 0 N–H and O–H groups in total. The van der Waals surface area contributed by atoms with Crippen molar-refractivity contribution in [1.82, 2.24) is 0 Å². The molecule has 1 aliphatic carbocycles. The fraction of sp³-hybridized carbons (Fsp3) is 0.833. The maximum Gasteiger partial charge on any atom is 0.446 e. The number of rotatable bonds is 7. The predicted octanol–water partition coefficient (Wildman–Crippen LogP) is 1.90. The second kappa shape index (κ2) is 8.32. The lowest BCUT2D eigenvalue weighted by molar-refractivity contribution is -0.777. The van der Waals surface area contributed by atoms with Gasteiger partial charge in [0.15, 0.2) is 6.61 Å². The quantitative estimate of drug-likeness (QED) is 0.218. The van der Waals surface area contributed by atoms with Crippen molar-refractivity contribution >= 4 is 24.0 Å². The minimum Gasteiger partial charge on any atom is -0.691 e. The van der Waals surface area contributed by atoms with Gasteiger partial charge in [0.05, 0.1) is 12.0 Å². The number of esters is 2. The van der Waals surface area contributed by atoms with Crippen molar-refractivity contribution in [2.75, 3.05) is 6.61 Å². The topological polar surface area (TPSA) is 94.1 Å². The molecule has 1 fully saturated rings. The molecule has 140 valence electrons. The van der Waals surface area contributed by atoms with Gasteiger partial charge in [0.2, 0.25) is 0 Å². The van der Waals surface area contributed by atoms with Crippen LogP contribution in [0, 0.1) is 0 Å². The molecule has 0 amide bonds. The summed E-state index contributed by atoms with van der Waals surface area (Å²) >= 11 is -1.23. The zero-order chi connectivity index (χ0) is 18.4. The Balaban J connectivity index is 2.60. The van der Waals surface area contributed by atoms with E-state index in [9.17, 15) is 32.4 Å². The Kier molecular flexibility index (Phi) is 7.25. The van der Waals surface area contributed by atoms with E-state index in [2.05, 4.69) is 14.1 Å². The van der Waals surface area contributed by atoms with Crippen molar-refractivity contribution in [3.05, 3.63) is 0 Å². The number of carbonyl (C=O) groups excluding carboxylic acids is 2. The van der Waals surface area contributed by atoms with Gasteiger partial charge in [0, 0.05) is 0 Å². The molecular weight excluding hydrogens is 364 g/mol. The molecule has 1 rings (SSSR count). The van der Waals surface area contributed by atoms with Crippen molar-refractivity contribution in [3.63, 3.8) is 0 Å². The summed E-state index contributed by atoms with van der Waals surface area (Å²) in [6.45, 7) is 0.436. The number of halogens is 4. The molecule has 0 spiro atoms. The molecule has 0 radical (unpaired) electrons. The summed E-state index contributed by atoms with van der Waals surface area (Å²) in [5, 5.41) is 7.41. The summed E-state index contributed by atoms with van der Waals surface area (Å²) in [6, 6.07) is 0. The Labute approximate surface area is 138 Å². The fourth-order valence-electron chi connectivity index (χ4n) is 2.18. The molecule has 0 aromatic heterocycles. The van der Waals surface area contributed by atoms with Crippen molar-refractivity contribution in [2.24, 2.45) is 0 Å². The Hall–Kier alpha value is -1.11. The molecule has 0 aromatic carbocycles. The molecule has 1 atom stereocenters. The number of hydrogen-bond donors (Lipinski definition) is 0. The molecule has 0 aliphatic heterocycles. The van der Waals surface area contributed by atoms with Crippen molar-refractivity contribution in [1.29, 1.82) is 0 Å². The summed E-state index contributed by atoms with van der Waals surface area (Å²) in [6.07, 6.45) is -2.05. The average molecular weight is 379 g/mol. The minimum absolute atomic E-state index is 0.562. The van der Waals surface area contributed by atoms with Gasteiger partial charge >= 0.3 is 23.1 Å². The van der Waals surface area contributed by atoms with E-state index in [1.54, 1.807) is 6.92 Å². The summed E-state index contributed by atoms with van der Waals surface area (Å²) in [5.41, 5.74) is -0.799. The molecule has 1 saturated carbocycles. The molecule has 0 saturated heterocycles. The average Bonchev–Trinajstić information content (AvgIpc) is 2.49. The Morgan fingerprint density at radius 2 is 1.75 bits per heavy atom. The van der Waals surface area contributed by atoms with Crippen molar-refractivity contribution in [3.8, 4) is 0 Å². The van der Waals surface area contributed by atoms with Gasteiger partial charge in [0.25, 0.3) is 0 Å². The first-order valence-electron chi connectivity index (χ1n) is 6.83. The van der Waals surface area contributed by atoms with Crippen LogP contribution in [0.25, 0.3) is 0 Å². The maximum atomic E-state index is 13.7. The second-order valence-electron chi connectivity index (χ2n) is 5.37. The van der Waals surface area contributed by atoms with E-state index in [1.807, 2.05) is 0 Å². The number of carbonyl (C=O) groups is 2.